The van der Waals surface area contributed by atoms with Crippen molar-refractivity contribution in [2.75, 3.05) is 20.2 Å². The van der Waals surface area contributed by atoms with Crippen molar-refractivity contribution in [3.63, 3.8) is 0 Å². The van der Waals surface area contributed by atoms with E-state index >= 15 is 0 Å². The predicted molar refractivity (Wildman–Crippen MR) is 76.4 cm³/mol. The number of hydrogen-bond acceptors (Lipinski definition) is 3. The number of carboxylic acids is 1. The molecule has 0 aromatic heterocycles. The summed E-state index contributed by atoms with van der Waals surface area (Å²) in [6.07, 6.45) is 0. The lowest BCUT2D eigenvalue weighted by Crippen LogP contribution is -2.36. The Labute approximate surface area is 127 Å². The molecule has 0 saturated heterocycles. The molecule has 20 heavy (non-hydrogen) atoms. The lowest BCUT2D eigenvalue weighted by molar-refractivity contribution is -0.143. The van der Waals surface area contributed by atoms with Crippen LogP contribution in [0.4, 0.5) is 0 Å². The zero-order valence-corrected chi connectivity index (χ0v) is 12.6. The lowest BCUT2D eigenvalue weighted by Gasteiger charge is -2.20. The zero-order chi connectivity index (χ0) is 15.3. The van der Waals surface area contributed by atoms with Crippen LogP contribution in [0.2, 0.25) is 10.0 Å². The molecule has 1 aromatic carbocycles. The van der Waals surface area contributed by atoms with Crippen LogP contribution in [0.3, 0.4) is 0 Å². The number of halogens is 2. The van der Waals surface area contributed by atoms with Gasteiger partial charge in [0.1, 0.15) is 0 Å². The van der Waals surface area contributed by atoms with E-state index in [4.69, 9.17) is 33.0 Å². The second-order valence-corrected chi connectivity index (χ2v) is 5.17. The largest absolute Gasteiger partial charge is 0.481 e. The first-order valence-corrected chi connectivity index (χ1v) is 6.62. The number of para-hydroxylation sites is 1. The van der Waals surface area contributed by atoms with E-state index in [0.29, 0.717) is 10.0 Å². The highest BCUT2D eigenvalue weighted by molar-refractivity contribution is 6.37. The number of carbonyl (C=O) groups excluding carboxylic acids is 1. The first kappa shape index (κ1) is 16.6. The van der Waals surface area contributed by atoms with Crippen molar-refractivity contribution >= 4 is 35.1 Å². The molecule has 1 N–H and O–H groups in total. The quantitative estimate of drug-likeness (QED) is 0.875. The van der Waals surface area contributed by atoms with Crippen LogP contribution in [0, 0.1) is 5.92 Å². The number of amides is 1. The van der Waals surface area contributed by atoms with Gasteiger partial charge in [-0.2, -0.15) is 0 Å². The number of hydrogen-bond donors (Lipinski definition) is 1. The predicted octanol–water partition coefficient (Wildman–Crippen LogP) is 2.55. The van der Waals surface area contributed by atoms with Crippen LogP contribution < -0.4 is 4.74 Å². The van der Waals surface area contributed by atoms with Gasteiger partial charge in [0.05, 0.1) is 16.0 Å². The highest BCUT2D eigenvalue weighted by Gasteiger charge is 2.18. The Balaban J connectivity index is 2.57. The van der Waals surface area contributed by atoms with Crippen LogP contribution >= 0.6 is 23.2 Å². The van der Waals surface area contributed by atoms with Gasteiger partial charge in [0.15, 0.2) is 12.4 Å². The van der Waals surface area contributed by atoms with Crippen LogP contribution in [0.1, 0.15) is 6.92 Å². The Bertz CT molecular complexity index is 487. The Morgan fingerprint density at radius 1 is 1.35 bits per heavy atom. The van der Waals surface area contributed by atoms with Gasteiger partial charge in [-0.15, -0.1) is 0 Å². The van der Waals surface area contributed by atoms with E-state index in [0.717, 1.165) is 0 Å². The third-order valence-electron chi connectivity index (χ3n) is 2.65. The van der Waals surface area contributed by atoms with E-state index in [1.54, 1.807) is 18.2 Å². The van der Waals surface area contributed by atoms with E-state index < -0.39 is 11.9 Å². The van der Waals surface area contributed by atoms with Crippen LogP contribution in [-0.4, -0.2) is 42.1 Å². The monoisotopic (exact) mass is 319 g/mol. The van der Waals surface area contributed by atoms with Gasteiger partial charge in [-0.1, -0.05) is 36.2 Å². The number of carbonyl (C=O) groups is 2. The molecular formula is C13H15Cl2NO4. The van der Waals surface area contributed by atoms with Crippen molar-refractivity contribution in [2.24, 2.45) is 5.92 Å². The van der Waals surface area contributed by atoms with Crippen molar-refractivity contribution < 1.29 is 19.4 Å². The van der Waals surface area contributed by atoms with E-state index in [9.17, 15) is 9.59 Å². The average Bonchev–Trinajstić information content (AvgIpc) is 2.37. The van der Waals surface area contributed by atoms with Gasteiger partial charge in [-0.25, -0.2) is 0 Å². The van der Waals surface area contributed by atoms with Gasteiger partial charge < -0.3 is 14.7 Å². The summed E-state index contributed by atoms with van der Waals surface area (Å²) in [5.41, 5.74) is 0. The number of likely N-dealkylation sites (N-methyl/N-ethyl adjacent to an activating group) is 1. The smallest absolute Gasteiger partial charge is 0.308 e. The second-order valence-electron chi connectivity index (χ2n) is 4.35. The van der Waals surface area contributed by atoms with Gasteiger partial charge in [0.25, 0.3) is 5.91 Å². The van der Waals surface area contributed by atoms with Gasteiger partial charge in [-0.3, -0.25) is 9.59 Å². The van der Waals surface area contributed by atoms with Crippen molar-refractivity contribution in [3.8, 4) is 5.75 Å². The summed E-state index contributed by atoms with van der Waals surface area (Å²) in [5, 5.41) is 9.41. The molecule has 1 aromatic rings. The molecule has 0 radical (unpaired) electrons. The number of aliphatic carboxylic acids is 1. The molecule has 0 saturated carbocycles. The summed E-state index contributed by atoms with van der Waals surface area (Å²) >= 11 is 11.8. The summed E-state index contributed by atoms with van der Waals surface area (Å²) in [6.45, 7) is 1.37. The van der Waals surface area contributed by atoms with E-state index in [1.807, 2.05) is 0 Å². The lowest BCUT2D eigenvalue weighted by atomic mass is 10.2. The normalized spacial score (nSPS) is 11.8. The fourth-order valence-electron chi connectivity index (χ4n) is 1.46. The fraction of sp³-hybridized carbons (Fsp3) is 0.385. The molecule has 0 aliphatic heterocycles. The minimum atomic E-state index is -0.959. The maximum atomic E-state index is 11.8. The highest BCUT2D eigenvalue weighted by Crippen LogP contribution is 2.32. The minimum absolute atomic E-state index is 0.105. The van der Waals surface area contributed by atoms with E-state index in [2.05, 4.69) is 0 Å². The number of ether oxygens (including phenoxy) is 1. The Morgan fingerprint density at radius 3 is 2.40 bits per heavy atom. The molecule has 0 bridgehead atoms. The Morgan fingerprint density at radius 2 is 1.90 bits per heavy atom. The van der Waals surface area contributed by atoms with Gasteiger partial charge in [0.2, 0.25) is 0 Å². The molecule has 5 nitrogen and oxygen atoms in total. The maximum absolute atomic E-state index is 11.8. The second kappa shape index (κ2) is 7.36. The van der Waals surface area contributed by atoms with Crippen molar-refractivity contribution in [1.29, 1.82) is 0 Å². The Kier molecular flexibility index (Phi) is 6.10. The van der Waals surface area contributed by atoms with E-state index in [-0.39, 0.29) is 24.8 Å². The summed E-state index contributed by atoms with van der Waals surface area (Å²) in [7, 11) is 1.51. The van der Waals surface area contributed by atoms with Crippen molar-refractivity contribution in [3.05, 3.63) is 28.2 Å². The SMILES string of the molecule is CC(CN(C)C(=O)COc1c(Cl)cccc1Cl)C(=O)O. The van der Waals surface area contributed by atoms with Crippen molar-refractivity contribution in [2.45, 2.75) is 6.92 Å². The summed E-state index contributed by atoms with van der Waals surface area (Å²) in [6, 6.07) is 4.87. The molecular weight excluding hydrogens is 305 g/mol. The standard InChI is InChI=1S/C13H15Cl2NO4/c1-8(13(18)19)6-16(2)11(17)7-20-12-9(14)4-3-5-10(12)15/h3-5,8H,6-7H2,1-2H3,(H,18,19). The van der Waals surface area contributed by atoms with Gasteiger partial charge >= 0.3 is 5.97 Å². The fourth-order valence-corrected chi connectivity index (χ4v) is 1.96. The molecule has 7 heteroatoms. The molecule has 0 aliphatic rings. The first-order valence-electron chi connectivity index (χ1n) is 5.86. The van der Waals surface area contributed by atoms with Crippen LogP contribution in [0.5, 0.6) is 5.75 Å². The van der Waals surface area contributed by atoms with Crippen LogP contribution in [-0.2, 0) is 9.59 Å². The summed E-state index contributed by atoms with van der Waals surface area (Å²) < 4.78 is 5.29. The highest BCUT2D eigenvalue weighted by atomic mass is 35.5. The number of rotatable bonds is 6. The maximum Gasteiger partial charge on any atom is 0.308 e. The molecule has 1 rings (SSSR count). The third kappa shape index (κ3) is 4.58. The third-order valence-corrected chi connectivity index (χ3v) is 3.25. The molecule has 1 unspecified atom stereocenters. The first-order chi connectivity index (χ1) is 9.32. The van der Waals surface area contributed by atoms with Gasteiger partial charge in [0, 0.05) is 13.6 Å². The van der Waals surface area contributed by atoms with Crippen molar-refractivity contribution in [1.82, 2.24) is 4.90 Å². The minimum Gasteiger partial charge on any atom is -0.481 e. The number of carboxylic acid groups (broad SMARTS) is 1. The van der Waals surface area contributed by atoms with Gasteiger partial charge in [-0.05, 0) is 12.1 Å². The zero-order valence-electron chi connectivity index (χ0n) is 11.1. The molecule has 0 aliphatic carbocycles. The molecule has 1 amide bonds. The molecule has 1 atom stereocenters. The number of benzene rings is 1. The van der Waals surface area contributed by atoms with E-state index in [1.165, 1.54) is 18.9 Å². The topological polar surface area (TPSA) is 66.8 Å². The molecule has 0 fully saturated rings. The Hall–Kier alpha value is -1.46. The molecule has 110 valence electrons. The summed E-state index contributed by atoms with van der Waals surface area (Å²) in [5.74, 6) is -1.72. The van der Waals surface area contributed by atoms with Crippen LogP contribution in [0.25, 0.3) is 0 Å². The molecule has 0 heterocycles. The number of nitrogens with zero attached hydrogens (tertiary/aromatic N) is 1. The molecule has 0 spiro atoms. The summed E-state index contributed by atoms with van der Waals surface area (Å²) in [4.78, 5) is 23.8. The average molecular weight is 320 g/mol. The van der Waals surface area contributed by atoms with Crippen LogP contribution in [0.15, 0.2) is 18.2 Å².